The number of halogens is 3. The molecule has 1 fully saturated rings. The summed E-state index contributed by atoms with van der Waals surface area (Å²) in [7, 11) is 0. The number of hydrogen-bond acceptors (Lipinski definition) is 3. The fraction of sp³-hybridized carbons (Fsp3) is 0.714. The number of hydrogen-bond donors (Lipinski definition) is 2. The Kier molecular flexibility index (Phi) is 5.10. The summed E-state index contributed by atoms with van der Waals surface area (Å²) in [5.74, 6) is -0.271. The van der Waals surface area contributed by atoms with E-state index >= 15 is 0 Å². The molecule has 5 nitrogen and oxygen atoms in total. The van der Waals surface area contributed by atoms with Gasteiger partial charge in [0, 0.05) is 18.3 Å². The van der Waals surface area contributed by atoms with Crippen LogP contribution in [0.15, 0.2) is 12.3 Å². The number of alkyl halides is 3. The van der Waals surface area contributed by atoms with Crippen molar-refractivity contribution in [2.45, 2.75) is 56.8 Å². The molecule has 0 saturated heterocycles. The third-order valence-electron chi connectivity index (χ3n) is 3.87. The lowest BCUT2D eigenvalue weighted by Crippen LogP contribution is -2.51. The molecule has 1 saturated carbocycles. The van der Waals surface area contributed by atoms with Crippen LogP contribution < -0.4 is 11.1 Å². The van der Waals surface area contributed by atoms with Crippen LogP contribution >= 0.6 is 0 Å². The van der Waals surface area contributed by atoms with E-state index in [2.05, 4.69) is 10.4 Å². The Morgan fingerprint density at radius 2 is 2.05 bits per heavy atom. The zero-order valence-corrected chi connectivity index (χ0v) is 12.3. The SMILES string of the molecule is NC1(CNC(=O)Cc2ccn(CC(F)(F)F)n2)CCCCC1. The average molecular weight is 318 g/mol. The predicted octanol–water partition coefficient (Wildman–Crippen LogP) is 1.77. The van der Waals surface area contributed by atoms with Gasteiger partial charge in [-0.05, 0) is 18.9 Å². The molecule has 0 bridgehead atoms. The molecular weight excluding hydrogens is 297 g/mol. The van der Waals surface area contributed by atoms with Gasteiger partial charge in [-0.25, -0.2) is 0 Å². The fourth-order valence-electron chi connectivity index (χ4n) is 2.70. The molecule has 0 atom stereocenters. The van der Waals surface area contributed by atoms with Crippen molar-refractivity contribution < 1.29 is 18.0 Å². The van der Waals surface area contributed by atoms with Crippen molar-refractivity contribution in [3.05, 3.63) is 18.0 Å². The van der Waals surface area contributed by atoms with E-state index in [4.69, 9.17) is 5.73 Å². The lowest BCUT2D eigenvalue weighted by atomic mass is 9.82. The van der Waals surface area contributed by atoms with Gasteiger partial charge in [0.2, 0.25) is 5.91 Å². The van der Waals surface area contributed by atoms with E-state index in [0.29, 0.717) is 12.2 Å². The second kappa shape index (κ2) is 6.68. The topological polar surface area (TPSA) is 72.9 Å². The van der Waals surface area contributed by atoms with Crippen LogP contribution in [0, 0.1) is 0 Å². The first-order valence-electron chi connectivity index (χ1n) is 7.40. The Morgan fingerprint density at radius 3 is 2.68 bits per heavy atom. The Labute approximate surface area is 127 Å². The number of aromatic nitrogens is 2. The number of rotatable bonds is 5. The van der Waals surface area contributed by atoms with Crippen molar-refractivity contribution in [3.63, 3.8) is 0 Å². The molecule has 0 spiro atoms. The number of nitrogens with two attached hydrogens (primary N) is 1. The van der Waals surface area contributed by atoms with Gasteiger partial charge in [0.05, 0.1) is 12.1 Å². The molecule has 3 N–H and O–H groups in total. The van der Waals surface area contributed by atoms with Crippen LogP contribution in [0.1, 0.15) is 37.8 Å². The Balaban J connectivity index is 1.79. The molecule has 124 valence electrons. The van der Waals surface area contributed by atoms with E-state index in [0.717, 1.165) is 30.4 Å². The van der Waals surface area contributed by atoms with Gasteiger partial charge in [-0.2, -0.15) is 18.3 Å². The maximum Gasteiger partial charge on any atom is 0.408 e. The van der Waals surface area contributed by atoms with E-state index in [-0.39, 0.29) is 17.9 Å². The van der Waals surface area contributed by atoms with Crippen LogP contribution in [0.4, 0.5) is 13.2 Å². The third-order valence-corrected chi connectivity index (χ3v) is 3.87. The summed E-state index contributed by atoms with van der Waals surface area (Å²) in [6.07, 6.45) is 1.92. The molecule has 8 heteroatoms. The summed E-state index contributed by atoms with van der Waals surface area (Å²) in [4.78, 5) is 11.9. The van der Waals surface area contributed by atoms with Crippen LogP contribution in [-0.2, 0) is 17.8 Å². The number of carbonyl (C=O) groups excluding carboxylic acids is 1. The molecule has 2 rings (SSSR count). The summed E-state index contributed by atoms with van der Waals surface area (Å²) < 4.78 is 37.5. The first-order valence-corrected chi connectivity index (χ1v) is 7.40. The van der Waals surface area contributed by atoms with E-state index in [1.165, 1.54) is 18.7 Å². The van der Waals surface area contributed by atoms with E-state index in [9.17, 15) is 18.0 Å². The summed E-state index contributed by atoms with van der Waals surface area (Å²) in [6.45, 7) is -0.754. The molecule has 22 heavy (non-hydrogen) atoms. The molecule has 1 amide bonds. The highest BCUT2D eigenvalue weighted by molar-refractivity contribution is 5.78. The molecule has 1 aromatic heterocycles. The number of nitrogens with zero attached hydrogens (tertiary/aromatic N) is 2. The quantitative estimate of drug-likeness (QED) is 0.869. The molecule has 1 heterocycles. The van der Waals surface area contributed by atoms with Crippen molar-refractivity contribution >= 4 is 5.91 Å². The highest BCUT2D eigenvalue weighted by Gasteiger charge is 2.29. The molecule has 0 unspecified atom stereocenters. The zero-order chi connectivity index (χ0) is 16.2. The first kappa shape index (κ1) is 16.8. The van der Waals surface area contributed by atoms with Crippen LogP contribution in [0.5, 0.6) is 0 Å². The maximum absolute atomic E-state index is 12.2. The Hall–Kier alpha value is -1.57. The number of carbonyl (C=O) groups is 1. The molecule has 0 radical (unpaired) electrons. The maximum atomic E-state index is 12.2. The van der Waals surface area contributed by atoms with Crippen LogP contribution in [0.3, 0.4) is 0 Å². The lowest BCUT2D eigenvalue weighted by Gasteiger charge is -2.33. The van der Waals surface area contributed by atoms with Gasteiger partial charge in [-0.15, -0.1) is 0 Å². The minimum atomic E-state index is -4.32. The molecule has 1 aromatic rings. The Bertz CT molecular complexity index is 506. The standard InChI is InChI=1S/C14H21F3N4O/c15-14(16,17)10-21-7-4-11(20-21)8-12(22)19-9-13(18)5-2-1-3-6-13/h4,7H,1-3,5-6,8-10,18H2,(H,19,22). The minimum absolute atomic E-state index is 0.0407. The summed E-state index contributed by atoms with van der Waals surface area (Å²) in [5, 5.41) is 6.52. The average Bonchev–Trinajstić information content (AvgIpc) is 2.82. The number of amides is 1. The second-order valence-electron chi connectivity index (χ2n) is 6.00. The molecule has 0 aliphatic heterocycles. The normalized spacial score (nSPS) is 18.2. The van der Waals surface area contributed by atoms with E-state index in [1.54, 1.807) is 0 Å². The molecular formula is C14H21F3N4O. The van der Waals surface area contributed by atoms with Crippen molar-refractivity contribution in [1.82, 2.24) is 15.1 Å². The van der Waals surface area contributed by atoms with E-state index < -0.39 is 12.7 Å². The highest BCUT2D eigenvalue weighted by atomic mass is 19.4. The van der Waals surface area contributed by atoms with Crippen LogP contribution in [0.25, 0.3) is 0 Å². The fourth-order valence-corrected chi connectivity index (χ4v) is 2.70. The smallest absolute Gasteiger partial charge is 0.354 e. The summed E-state index contributed by atoms with van der Waals surface area (Å²) in [5.41, 5.74) is 6.17. The first-order chi connectivity index (χ1) is 10.3. The van der Waals surface area contributed by atoms with Crippen LogP contribution in [0.2, 0.25) is 0 Å². The lowest BCUT2D eigenvalue weighted by molar-refractivity contribution is -0.142. The highest BCUT2D eigenvalue weighted by Crippen LogP contribution is 2.25. The molecule has 0 aromatic carbocycles. The summed E-state index contributed by atoms with van der Waals surface area (Å²) in [6, 6.07) is 1.42. The van der Waals surface area contributed by atoms with Crippen molar-refractivity contribution in [2.75, 3.05) is 6.54 Å². The zero-order valence-electron chi connectivity index (χ0n) is 12.3. The molecule has 1 aliphatic rings. The largest absolute Gasteiger partial charge is 0.408 e. The van der Waals surface area contributed by atoms with Gasteiger partial charge in [-0.1, -0.05) is 19.3 Å². The minimum Gasteiger partial charge on any atom is -0.354 e. The van der Waals surface area contributed by atoms with Crippen LogP contribution in [-0.4, -0.2) is 33.9 Å². The second-order valence-corrected chi connectivity index (χ2v) is 6.00. The van der Waals surface area contributed by atoms with Crippen molar-refractivity contribution in [3.8, 4) is 0 Å². The van der Waals surface area contributed by atoms with E-state index in [1.807, 2.05) is 0 Å². The monoisotopic (exact) mass is 318 g/mol. The van der Waals surface area contributed by atoms with Gasteiger partial charge >= 0.3 is 6.18 Å². The number of nitrogens with one attached hydrogen (secondary N) is 1. The van der Waals surface area contributed by atoms with Gasteiger partial charge in [-0.3, -0.25) is 9.48 Å². The molecule has 1 aliphatic carbocycles. The Morgan fingerprint density at radius 1 is 1.36 bits per heavy atom. The van der Waals surface area contributed by atoms with Gasteiger partial charge in [0.25, 0.3) is 0 Å². The van der Waals surface area contributed by atoms with Gasteiger partial charge in [0.1, 0.15) is 6.54 Å². The van der Waals surface area contributed by atoms with Gasteiger partial charge in [0.15, 0.2) is 0 Å². The van der Waals surface area contributed by atoms with Crippen molar-refractivity contribution in [2.24, 2.45) is 5.73 Å². The third kappa shape index (κ3) is 5.32. The summed E-state index contributed by atoms with van der Waals surface area (Å²) >= 11 is 0. The van der Waals surface area contributed by atoms with Gasteiger partial charge < -0.3 is 11.1 Å². The predicted molar refractivity (Wildman–Crippen MR) is 75.0 cm³/mol. The van der Waals surface area contributed by atoms with Crippen molar-refractivity contribution in [1.29, 1.82) is 0 Å².